The predicted molar refractivity (Wildman–Crippen MR) is 59.5 cm³/mol. The van der Waals surface area contributed by atoms with E-state index in [-0.39, 0.29) is 11.8 Å². The summed E-state index contributed by atoms with van der Waals surface area (Å²) in [6.45, 7) is 1.79. The van der Waals surface area contributed by atoms with Crippen LogP contribution in [0.4, 0.5) is 0 Å². The lowest BCUT2D eigenvalue weighted by atomic mass is 10.1. The van der Waals surface area contributed by atoms with Crippen LogP contribution in [0, 0.1) is 0 Å². The Kier molecular flexibility index (Phi) is 2.78. The van der Waals surface area contributed by atoms with E-state index in [2.05, 4.69) is 15.2 Å². The molecule has 0 bridgehead atoms. The summed E-state index contributed by atoms with van der Waals surface area (Å²) in [6.07, 6.45) is 1.54. The van der Waals surface area contributed by atoms with Gasteiger partial charge in [-0.25, -0.2) is 4.98 Å². The molecule has 0 aliphatic heterocycles. The van der Waals surface area contributed by atoms with Crippen LogP contribution in [-0.4, -0.2) is 20.3 Å². The molecule has 0 saturated carbocycles. The first kappa shape index (κ1) is 10.5. The van der Waals surface area contributed by atoms with Crippen molar-refractivity contribution in [1.29, 1.82) is 0 Å². The topological polar surface area (TPSA) is 84.9 Å². The Morgan fingerprint density at radius 3 is 2.88 bits per heavy atom. The molecule has 0 spiro atoms. The van der Waals surface area contributed by atoms with Crippen molar-refractivity contribution < 1.29 is 5.11 Å². The molecule has 0 fully saturated rings. The number of nitrogens with two attached hydrogens (primary N) is 1. The van der Waals surface area contributed by atoms with E-state index in [1.165, 1.54) is 0 Å². The third-order valence-corrected chi connectivity index (χ3v) is 2.12. The Hall–Kier alpha value is -2.01. The summed E-state index contributed by atoms with van der Waals surface area (Å²) in [6, 6.07) is 6.55. The maximum absolute atomic E-state index is 9.36. The second kappa shape index (κ2) is 4.24. The molecule has 5 heteroatoms. The summed E-state index contributed by atoms with van der Waals surface area (Å²) in [5.74, 6) is 0.680. The minimum Gasteiger partial charge on any atom is -0.508 e. The first-order valence-corrected chi connectivity index (χ1v) is 4.91. The fourth-order valence-electron chi connectivity index (χ4n) is 1.31. The molecule has 1 aromatic heterocycles. The van der Waals surface area contributed by atoms with Crippen LogP contribution in [0.5, 0.6) is 5.75 Å². The molecule has 0 aliphatic carbocycles. The van der Waals surface area contributed by atoms with Gasteiger partial charge in [-0.3, -0.25) is 0 Å². The maximum Gasteiger partial charge on any atom is 0.168 e. The number of aromatic nitrogens is 3. The Bertz CT molecular complexity index is 499. The lowest BCUT2D eigenvalue weighted by Crippen LogP contribution is -2.11. The Morgan fingerprint density at radius 2 is 2.19 bits per heavy atom. The van der Waals surface area contributed by atoms with Crippen molar-refractivity contribution in [3.05, 3.63) is 36.3 Å². The van der Waals surface area contributed by atoms with Gasteiger partial charge in [0.25, 0.3) is 0 Å². The van der Waals surface area contributed by atoms with Gasteiger partial charge in [-0.05, 0) is 19.1 Å². The van der Waals surface area contributed by atoms with Crippen LogP contribution in [0.1, 0.15) is 18.8 Å². The molecule has 1 heterocycles. The average Bonchev–Trinajstić information content (AvgIpc) is 2.29. The number of hydrogen-bond donors (Lipinski definition) is 2. The van der Waals surface area contributed by atoms with Crippen molar-refractivity contribution in [2.45, 2.75) is 13.0 Å². The Balaban J connectivity index is 2.44. The second-order valence-electron chi connectivity index (χ2n) is 3.54. The number of phenolic OH excluding ortho intramolecular Hbond substituents is 1. The summed E-state index contributed by atoms with van der Waals surface area (Å²) < 4.78 is 0. The van der Waals surface area contributed by atoms with Crippen molar-refractivity contribution >= 4 is 0 Å². The van der Waals surface area contributed by atoms with Crippen LogP contribution in [0.2, 0.25) is 0 Å². The van der Waals surface area contributed by atoms with Crippen LogP contribution in [0.3, 0.4) is 0 Å². The van der Waals surface area contributed by atoms with E-state index >= 15 is 0 Å². The molecule has 82 valence electrons. The van der Waals surface area contributed by atoms with Crippen LogP contribution in [0.25, 0.3) is 11.3 Å². The zero-order valence-corrected chi connectivity index (χ0v) is 8.83. The summed E-state index contributed by atoms with van der Waals surface area (Å²) in [7, 11) is 0. The van der Waals surface area contributed by atoms with E-state index in [4.69, 9.17) is 5.73 Å². The Labute approximate surface area is 93.0 Å². The predicted octanol–water partition coefficient (Wildman–Crippen LogP) is 1.26. The highest BCUT2D eigenvalue weighted by Gasteiger charge is 2.07. The molecule has 16 heavy (non-hydrogen) atoms. The van der Waals surface area contributed by atoms with Gasteiger partial charge >= 0.3 is 0 Å². The quantitative estimate of drug-likeness (QED) is 0.789. The molecule has 2 aromatic rings. The maximum atomic E-state index is 9.36. The zero-order valence-electron chi connectivity index (χ0n) is 8.83. The first-order valence-electron chi connectivity index (χ1n) is 4.91. The van der Waals surface area contributed by atoms with Crippen LogP contribution in [-0.2, 0) is 0 Å². The molecule has 0 aliphatic rings. The molecule has 0 saturated heterocycles. The van der Waals surface area contributed by atoms with Crippen molar-refractivity contribution in [3.63, 3.8) is 0 Å². The molecule has 1 unspecified atom stereocenters. The van der Waals surface area contributed by atoms with E-state index < -0.39 is 0 Å². The van der Waals surface area contributed by atoms with Crippen LogP contribution in [0.15, 0.2) is 30.5 Å². The van der Waals surface area contributed by atoms with Crippen LogP contribution >= 0.6 is 0 Å². The molecule has 5 nitrogen and oxygen atoms in total. The number of aromatic hydroxyl groups is 1. The molecule has 0 amide bonds. The van der Waals surface area contributed by atoms with E-state index in [1.54, 1.807) is 31.3 Å². The minimum atomic E-state index is -0.259. The van der Waals surface area contributed by atoms with Gasteiger partial charge in [0, 0.05) is 5.56 Å². The van der Waals surface area contributed by atoms with E-state index in [0.29, 0.717) is 11.5 Å². The fraction of sp³-hybridized carbons (Fsp3) is 0.182. The van der Waals surface area contributed by atoms with E-state index in [0.717, 1.165) is 5.56 Å². The lowest BCUT2D eigenvalue weighted by molar-refractivity contribution is 0.475. The SMILES string of the molecule is CC(N)c1nncc(-c2cccc(O)c2)n1. The first-order chi connectivity index (χ1) is 7.66. The molecule has 2 rings (SSSR count). The molecular weight excluding hydrogens is 204 g/mol. The molecular formula is C11H12N4O. The second-order valence-corrected chi connectivity index (χ2v) is 3.54. The van der Waals surface area contributed by atoms with Crippen molar-refractivity contribution in [2.24, 2.45) is 5.73 Å². The summed E-state index contributed by atoms with van der Waals surface area (Å²) in [5.41, 5.74) is 7.12. The summed E-state index contributed by atoms with van der Waals surface area (Å²) in [5, 5.41) is 17.0. The largest absolute Gasteiger partial charge is 0.508 e. The van der Waals surface area contributed by atoms with Gasteiger partial charge in [0.05, 0.1) is 17.9 Å². The smallest absolute Gasteiger partial charge is 0.168 e. The molecule has 1 aromatic carbocycles. The summed E-state index contributed by atoms with van der Waals surface area (Å²) in [4.78, 5) is 4.27. The van der Waals surface area contributed by atoms with Gasteiger partial charge < -0.3 is 10.8 Å². The number of nitrogens with zero attached hydrogens (tertiary/aromatic N) is 3. The van der Waals surface area contributed by atoms with Gasteiger partial charge in [-0.1, -0.05) is 12.1 Å². The van der Waals surface area contributed by atoms with Gasteiger partial charge in [0.1, 0.15) is 5.75 Å². The standard InChI is InChI=1S/C11H12N4O/c1-7(12)11-14-10(6-13-15-11)8-3-2-4-9(16)5-8/h2-7,16H,12H2,1H3. The minimum absolute atomic E-state index is 0.193. The molecule has 3 N–H and O–H groups in total. The number of phenols is 1. The van der Waals surface area contributed by atoms with Crippen molar-refractivity contribution in [2.75, 3.05) is 0 Å². The van der Waals surface area contributed by atoms with Gasteiger partial charge in [0.2, 0.25) is 0 Å². The Morgan fingerprint density at radius 1 is 1.38 bits per heavy atom. The van der Waals surface area contributed by atoms with Gasteiger partial charge in [-0.15, -0.1) is 5.10 Å². The highest BCUT2D eigenvalue weighted by molar-refractivity contribution is 5.59. The molecule has 0 radical (unpaired) electrons. The fourth-order valence-corrected chi connectivity index (χ4v) is 1.31. The van der Waals surface area contributed by atoms with Crippen LogP contribution < -0.4 is 5.73 Å². The highest BCUT2D eigenvalue weighted by Crippen LogP contribution is 2.20. The van der Waals surface area contributed by atoms with Gasteiger partial charge in [0.15, 0.2) is 5.82 Å². The van der Waals surface area contributed by atoms with E-state index in [1.807, 2.05) is 6.07 Å². The monoisotopic (exact) mass is 216 g/mol. The van der Waals surface area contributed by atoms with Crippen molar-refractivity contribution in [1.82, 2.24) is 15.2 Å². The number of hydrogen-bond acceptors (Lipinski definition) is 5. The highest BCUT2D eigenvalue weighted by atomic mass is 16.3. The number of rotatable bonds is 2. The molecule has 1 atom stereocenters. The third kappa shape index (κ3) is 2.14. The van der Waals surface area contributed by atoms with Crippen molar-refractivity contribution in [3.8, 4) is 17.0 Å². The lowest BCUT2D eigenvalue weighted by Gasteiger charge is -2.05. The number of benzene rings is 1. The third-order valence-electron chi connectivity index (χ3n) is 2.12. The van der Waals surface area contributed by atoms with Gasteiger partial charge in [-0.2, -0.15) is 5.10 Å². The zero-order chi connectivity index (χ0) is 11.5. The normalized spacial score (nSPS) is 12.4. The van der Waals surface area contributed by atoms with E-state index in [9.17, 15) is 5.11 Å². The average molecular weight is 216 g/mol. The summed E-state index contributed by atoms with van der Waals surface area (Å²) >= 11 is 0.